The lowest BCUT2D eigenvalue weighted by atomic mass is 10.2. The Hall–Kier alpha value is -1.59. The number of nitrogens with two attached hydrogens (primary N) is 1. The van der Waals surface area contributed by atoms with E-state index in [4.69, 9.17) is 4.42 Å². The first-order chi connectivity index (χ1) is 9.56. The van der Waals surface area contributed by atoms with Crippen LogP contribution >= 0.6 is 15.9 Å². The van der Waals surface area contributed by atoms with Gasteiger partial charge in [0, 0.05) is 10.2 Å². The van der Waals surface area contributed by atoms with Crippen molar-refractivity contribution in [3.05, 3.63) is 52.4 Å². The molecule has 2 aromatic rings. The van der Waals surface area contributed by atoms with Crippen LogP contribution in [0.2, 0.25) is 0 Å². The zero-order valence-corrected chi connectivity index (χ0v) is 13.1. The first kappa shape index (κ1) is 14.8. The van der Waals surface area contributed by atoms with Crippen LogP contribution in [0.25, 0.3) is 0 Å². The molecule has 0 saturated carbocycles. The highest BCUT2D eigenvalue weighted by Gasteiger charge is 2.13. The Labute approximate surface area is 126 Å². The van der Waals surface area contributed by atoms with Crippen LogP contribution in [0.5, 0.6) is 0 Å². The van der Waals surface area contributed by atoms with Crippen molar-refractivity contribution in [3.8, 4) is 0 Å². The van der Waals surface area contributed by atoms with Crippen molar-refractivity contribution >= 4 is 27.5 Å². The number of carbonyl (C=O) groups is 1. The van der Waals surface area contributed by atoms with E-state index >= 15 is 0 Å². The topological polar surface area (TPSA) is 58.9 Å². The van der Waals surface area contributed by atoms with Gasteiger partial charge in [-0.2, -0.15) is 0 Å². The van der Waals surface area contributed by atoms with Crippen LogP contribution in [0, 0.1) is 6.92 Å². The van der Waals surface area contributed by atoms with E-state index in [0.29, 0.717) is 6.54 Å². The third kappa shape index (κ3) is 3.95. The van der Waals surface area contributed by atoms with Gasteiger partial charge in [0.15, 0.2) is 12.3 Å². The molecular weight excluding hydrogens is 320 g/mol. The van der Waals surface area contributed by atoms with E-state index in [0.717, 1.165) is 21.5 Å². The number of halogens is 1. The average molecular weight is 338 g/mol. The monoisotopic (exact) mass is 337 g/mol. The lowest BCUT2D eigenvalue weighted by Gasteiger charge is -2.09. The van der Waals surface area contributed by atoms with Gasteiger partial charge >= 0.3 is 0 Å². The molecule has 1 heterocycles. The summed E-state index contributed by atoms with van der Waals surface area (Å²) in [5, 5.41) is 4.83. The average Bonchev–Trinajstić information content (AvgIpc) is 2.94. The minimum atomic E-state index is -0.0230. The highest BCUT2D eigenvalue weighted by Crippen LogP contribution is 2.19. The van der Waals surface area contributed by atoms with Crippen molar-refractivity contribution < 1.29 is 14.5 Å². The highest BCUT2D eigenvalue weighted by atomic mass is 79.9. The molecule has 0 unspecified atom stereocenters. The number of quaternary nitrogens is 1. The molecule has 0 bridgehead atoms. The second-order valence-corrected chi connectivity index (χ2v) is 5.61. The summed E-state index contributed by atoms with van der Waals surface area (Å²) < 4.78 is 6.34. The van der Waals surface area contributed by atoms with Gasteiger partial charge < -0.3 is 15.1 Å². The molecule has 1 aromatic heterocycles. The van der Waals surface area contributed by atoms with E-state index < -0.39 is 0 Å². The number of carbonyl (C=O) groups excluding carboxylic acids is 1. The van der Waals surface area contributed by atoms with Gasteiger partial charge in [0.05, 0.1) is 6.26 Å². The molecule has 0 fully saturated rings. The lowest BCUT2D eigenvalue weighted by Crippen LogP contribution is -2.86. The van der Waals surface area contributed by atoms with Crippen molar-refractivity contribution in [1.82, 2.24) is 0 Å². The smallest absolute Gasteiger partial charge is 0.279 e. The van der Waals surface area contributed by atoms with Crippen LogP contribution in [0.15, 0.2) is 45.5 Å². The molecule has 3 N–H and O–H groups in total. The second kappa shape index (κ2) is 6.72. The highest BCUT2D eigenvalue weighted by molar-refractivity contribution is 9.10. The number of furan rings is 1. The molecule has 2 rings (SSSR count). The number of nitrogens with one attached hydrogen (secondary N) is 1. The minimum absolute atomic E-state index is 0.0230. The molecule has 0 aliphatic carbocycles. The van der Waals surface area contributed by atoms with Gasteiger partial charge in [0.2, 0.25) is 0 Å². The molecule has 5 heteroatoms. The third-order valence-electron chi connectivity index (χ3n) is 3.09. The number of hydrogen-bond acceptors (Lipinski definition) is 2. The fourth-order valence-electron chi connectivity index (χ4n) is 1.88. The van der Waals surface area contributed by atoms with Gasteiger partial charge in [0.1, 0.15) is 6.04 Å². The molecule has 0 aliphatic rings. The number of amides is 1. The first-order valence-corrected chi connectivity index (χ1v) is 7.28. The molecule has 1 amide bonds. The van der Waals surface area contributed by atoms with E-state index in [9.17, 15) is 4.79 Å². The number of anilines is 1. The summed E-state index contributed by atoms with van der Waals surface area (Å²) in [6.07, 6.45) is 1.64. The van der Waals surface area contributed by atoms with Crippen molar-refractivity contribution in [2.24, 2.45) is 0 Å². The molecule has 0 aliphatic heterocycles. The quantitative estimate of drug-likeness (QED) is 0.880. The van der Waals surface area contributed by atoms with Gasteiger partial charge in [-0.15, -0.1) is 0 Å². The molecule has 4 nitrogen and oxygen atoms in total. The van der Waals surface area contributed by atoms with Crippen LogP contribution < -0.4 is 10.6 Å². The summed E-state index contributed by atoms with van der Waals surface area (Å²) in [5.41, 5.74) is 1.91. The first-order valence-electron chi connectivity index (χ1n) is 6.49. The van der Waals surface area contributed by atoms with E-state index in [1.807, 2.05) is 49.5 Å². The van der Waals surface area contributed by atoms with E-state index in [1.54, 1.807) is 6.26 Å². The predicted octanol–water partition coefficient (Wildman–Crippen LogP) is 2.61. The Morgan fingerprint density at radius 2 is 2.25 bits per heavy atom. The molecule has 1 aromatic carbocycles. The molecule has 106 valence electrons. The Bertz CT molecular complexity index is 582. The van der Waals surface area contributed by atoms with E-state index in [2.05, 4.69) is 21.2 Å². The zero-order valence-electron chi connectivity index (χ0n) is 11.5. The number of aryl methyl sites for hydroxylation is 1. The number of benzene rings is 1. The lowest BCUT2D eigenvalue weighted by molar-refractivity contribution is -0.684. The largest absolute Gasteiger partial charge is 0.463 e. The van der Waals surface area contributed by atoms with Gasteiger partial charge in [-0.25, -0.2) is 0 Å². The molecule has 0 saturated heterocycles. The summed E-state index contributed by atoms with van der Waals surface area (Å²) >= 11 is 3.44. The Balaban J connectivity index is 1.85. The van der Waals surface area contributed by atoms with Crippen LogP contribution in [-0.4, -0.2) is 12.5 Å². The third-order valence-corrected chi connectivity index (χ3v) is 3.98. The summed E-state index contributed by atoms with van der Waals surface area (Å²) in [5.74, 6) is 0.849. The normalized spacial score (nSPS) is 12.2. The molecule has 0 spiro atoms. The molecule has 1 atom stereocenters. The molecule has 20 heavy (non-hydrogen) atoms. The van der Waals surface area contributed by atoms with Gasteiger partial charge in [-0.3, -0.25) is 4.79 Å². The van der Waals surface area contributed by atoms with Crippen LogP contribution in [0.4, 0.5) is 5.69 Å². The SMILES string of the molecule is Cc1cc(NC(=O)C[NH2+][C@H](C)c2ccco2)ccc1Br. The standard InChI is InChI=1S/C15H17BrN2O2/c1-10-8-12(5-6-13(10)16)18-15(19)9-17-11(2)14-4-3-7-20-14/h3-8,11,17H,9H2,1-2H3,(H,18,19)/p+1/t11-/m1/s1. The fraction of sp³-hybridized carbons (Fsp3) is 0.267. The maximum atomic E-state index is 11.9. The summed E-state index contributed by atoms with van der Waals surface area (Å²) in [7, 11) is 0. The molecular formula is C15H18BrN2O2+. The van der Waals surface area contributed by atoms with Gasteiger partial charge in [-0.05, 0) is 49.7 Å². The van der Waals surface area contributed by atoms with Gasteiger partial charge in [-0.1, -0.05) is 15.9 Å². The van der Waals surface area contributed by atoms with Crippen molar-refractivity contribution in [1.29, 1.82) is 0 Å². The Kier molecular flexibility index (Phi) is 4.98. The van der Waals surface area contributed by atoms with Crippen LogP contribution in [0.3, 0.4) is 0 Å². The van der Waals surface area contributed by atoms with Crippen molar-refractivity contribution in [2.45, 2.75) is 19.9 Å². The minimum Gasteiger partial charge on any atom is -0.463 e. The number of hydrogen-bond donors (Lipinski definition) is 2. The summed E-state index contributed by atoms with van der Waals surface area (Å²) in [6, 6.07) is 9.65. The van der Waals surface area contributed by atoms with Crippen LogP contribution in [-0.2, 0) is 4.79 Å². The maximum Gasteiger partial charge on any atom is 0.279 e. The molecule has 0 radical (unpaired) electrons. The summed E-state index contributed by atoms with van der Waals surface area (Å²) in [6.45, 7) is 4.36. The van der Waals surface area contributed by atoms with Crippen molar-refractivity contribution in [2.75, 3.05) is 11.9 Å². The van der Waals surface area contributed by atoms with E-state index in [1.165, 1.54) is 0 Å². The van der Waals surface area contributed by atoms with E-state index in [-0.39, 0.29) is 11.9 Å². The predicted molar refractivity (Wildman–Crippen MR) is 81.4 cm³/mol. The Morgan fingerprint density at radius 3 is 2.90 bits per heavy atom. The zero-order chi connectivity index (χ0) is 14.5. The fourth-order valence-corrected chi connectivity index (χ4v) is 2.13. The van der Waals surface area contributed by atoms with Gasteiger partial charge in [0.25, 0.3) is 5.91 Å². The maximum absolute atomic E-state index is 11.9. The number of rotatable bonds is 5. The second-order valence-electron chi connectivity index (χ2n) is 4.76. The summed E-state index contributed by atoms with van der Waals surface area (Å²) in [4.78, 5) is 11.9. The van der Waals surface area contributed by atoms with Crippen molar-refractivity contribution in [3.63, 3.8) is 0 Å². The van der Waals surface area contributed by atoms with Crippen LogP contribution in [0.1, 0.15) is 24.3 Å². The Morgan fingerprint density at radius 1 is 1.45 bits per heavy atom.